The lowest BCUT2D eigenvalue weighted by atomic mass is 10.1. The number of primary amides is 1. The van der Waals surface area contributed by atoms with Crippen molar-refractivity contribution in [3.8, 4) is 0 Å². The number of nitrogens with two attached hydrogens (primary N) is 1. The number of hydrogen-bond acceptors (Lipinski definition) is 4. The van der Waals surface area contributed by atoms with Gasteiger partial charge in [-0.1, -0.05) is 18.5 Å². The molecule has 0 atom stereocenters. The van der Waals surface area contributed by atoms with Gasteiger partial charge in [0.1, 0.15) is 5.00 Å². The van der Waals surface area contributed by atoms with Crippen LogP contribution in [-0.2, 0) is 6.42 Å². The lowest BCUT2D eigenvalue weighted by molar-refractivity contribution is 0.100. The van der Waals surface area contributed by atoms with Crippen molar-refractivity contribution >= 4 is 51.1 Å². The Labute approximate surface area is 129 Å². The molecular weight excluding hydrogens is 316 g/mol. The summed E-state index contributed by atoms with van der Waals surface area (Å²) >= 11 is 8.36. The normalized spacial score (nSPS) is 10.6. The van der Waals surface area contributed by atoms with Crippen molar-refractivity contribution in [2.75, 3.05) is 5.32 Å². The maximum absolute atomic E-state index is 12.1. The number of carbonyl (C=O) groups excluding carboxylic acids is 2. The van der Waals surface area contributed by atoms with Crippen LogP contribution in [-0.4, -0.2) is 11.8 Å². The largest absolute Gasteiger partial charge is 0.365 e. The summed E-state index contributed by atoms with van der Waals surface area (Å²) in [4.78, 5) is 25.2. The molecule has 2 aromatic rings. The summed E-state index contributed by atoms with van der Waals surface area (Å²) < 4.78 is 0.543. The minimum absolute atomic E-state index is 0.284. The fourth-order valence-electron chi connectivity index (χ4n) is 1.95. The molecule has 0 spiro atoms. The Morgan fingerprint density at radius 1 is 1.35 bits per heavy atom. The van der Waals surface area contributed by atoms with Crippen LogP contribution in [0.5, 0.6) is 0 Å². The van der Waals surface area contributed by atoms with Crippen molar-refractivity contribution in [2.45, 2.75) is 20.3 Å². The van der Waals surface area contributed by atoms with E-state index in [9.17, 15) is 9.59 Å². The highest BCUT2D eigenvalue weighted by Crippen LogP contribution is 2.34. The Morgan fingerprint density at radius 2 is 2.05 bits per heavy atom. The van der Waals surface area contributed by atoms with Crippen LogP contribution >= 0.6 is 34.3 Å². The van der Waals surface area contributed by atoms with E-state index >= 15 is 0 Å². The zero-order valence-electron chi connectivity index (χ0n) is 11.0. The number of carbonyl (C=O) groups is 2. The minimum Gasteiger partial charge on any atom is -0.365 e. The summed E-state index contributed by atoms with van der Waals surface area (Å²) in [7, 11) is 0. The van der Waals surface area contributed by atoms with Crippen molar-refractivity contribution in [2.24, 2.45) is 5.73 Å². The van der Waals surface area contributed by atoms with Gasteiger partial charge in [-0.25, -0.2) is 0 Å². The van der Waals surface area contributed by atoms with Crippen molar-refractivity contribution in [3.05, 3.63) is 37.4 Å². The van der Waals surface area contributed by atoms with Gasteiger partial charge in [0.05, 0.1) is 14.8 Å². The smallest absolute Gasteiger partial charge is 0.266 e. The number of amides is 2. The summed E-state index contributed by atoms with van der Waals surface area (Å²) in [6, 6.07) is 3.31. The molecule has 0 radical (unpaired) electrons. The quantitative estimate of drug-likeness (QED) is 0.898. The van der Waals surface area contributed by atoms with Crippen molar-refractivity contribution in [1.29, 1.82) is 0 Å². The van der Waals surface area contributed by atoms with Gasteiger partial charge in [0, 0.05) is 4.88 Å². The molecule has 0 aliphatic rings. The third-order valence-corrected chi connectivity index (χ3v) is 5.13. The second kappa shape index (κ2) is 5.95. The van der Waals surface area contributed by atoms with E-state index in [0.717, 1.165) is 10.4 Å². The number of hydrogen-bond donors (Lipinski definition) is 2. The first-order valence-corrected chi connectivity index (χ1v) is 7.93. The summed E-state index contributed by atoms with van der Waals surface area (Å²) in [6.07, 6.45) is 0.696. The molecule has 2 heterocycles. The van der Waals surface area contributed by atoms with Crippen molar-refractivity contribution in [1.82, 2.24) is 0 Å². The maximum atomic E-state index is 12.1. The minimum atomic E-state index is -0.522. The van der Waals surface area contributed by atoms with Crippen LogP contribution in [0.15, 0.2) is 12.1 Å². The summed E-state index contributed by atoms with van der Waals surface area (Å²) in [5, 5.41) is 3.25. The third kappa shape index (κ3) is 2.87. The molecular formula is C13H13ClN2O2S2. The van der Waals surface area contributed by atoms with Crippen LogP contribution in [0.4, 0.5) is 5.00 Å². The molecule has 7 heteroatoms. The van der Waals surface area contributed by atoms with Crippen LogP contribution in [0.1, 0.15) is 37.4 Å². The van der Waals surface area contributed by atoms with Gasteiger partial charge in [0.15, 0.2) is 0 Å². The molecule has 2 rings (SSSR count). The number of nitrogens with one attached hydrogen (secondary N) is 1. The van der Waals surface area contributed by atoms with E-state index in [-0.39, 0.29) is 5.91 Å². The number of rotatable bonds is 4. The van der Waals surface area contributed by atoms with E-state index in [0.29, 0.717) is 26.2 Å². The maximum Gasteiger partial charge on any atom is 0.266 e. The number of halogens is 1. The molecule has 0 saturated carbocycles. The van der Waals surface area contributed by atoms with Crippen LogP contribution in [0.3, 0.4) is 0 Å². The molecule has 3 N–H and O–H groups in total. The molecule has 0 bridgehead atoms. The highest BCUT2D eigenvalue weighted by molar-refractivity contribution is 7.18. The number of thiophene rings is 2. The predicted octanol–water partition coefficient (Wildman–Crippen LogP) is 3.69. The molecule has 4 nitrogen and oxygen atoms in total. The van der Waals surface area contributed by atoms with Gasteiger partial charge in [-0.05, 0) is 31.0 Å². The third-order valence-electron chi connectivity index (χ3n) is 2.83. The lowest BCUT2D eigenvalue weighted by Crippen LogP contribution is -2.17. The zero-order valence-corrected chi connectivity index (χ0v) is 13.3. The average molecular weight is 329 g/mol. The van der Waals surface area contributed by atoms with Crippen LogP contribution in [0, 0.1) is 6.92 Å². The molecule has 2 amide bonds. The molecule has 0 saturated heterocycles. The van der Waals surface area contributed by atoms with Gasteiger partial charge in [-0.3, -0.25) is 9.59 Å². The van der Waals surface area contributed by atoms with Gasteiger partial charge in [0.25, 0.3) is 11.8 Å². The molecule has 0 aromatic carbocycles. The second-order valence-electron chi connectivity index (χ2n) is 4.12. The summed E-state index contributed by atoms with van der Waals surface area (Å²) in [5.41, 5.74) is 6.72. The molecule has 106 valence electrons. The SMILES string of the molecule is CCc1c(C)sc(NC(=O)c2ccc(Cl)s2)c1C(N)=O. The fourth-order valence-corrected chi connectivity index (χ4v) is 4.04. The Hall–Kier alpha value is -1.37. The van der Waals surface area contributed by atoms with Crippen molar-refractivity contribution in [3.63, 3.8) is 0 Å². The number of anilines is 1. The molecule has 2 aromatic heterocycles. The predicted molar refractivity (Wildman–Crippen MR) is 84.2 cm³/mol. The standard InChI is InChI=1S/C13H13ClN2O2S2/c1-3-7-6(2)19-13(10(7)11(15)17)16-12(18)8-4-5-9(14)20-8/h4-5H,3H2,1-2H3,(H2,15,17)(H,16,18). The van der Waals surface area contributed by atoms with Crippen LogP contribution in [0.25, 0.3) is 0 Å². The topological polar surface area (TPSA) is 72.2 Å². The highest BCUT2D eigenvalue weighted by Gasteiger charge is 2.21. The van der Waals surface area contributed by atoms with Crippen molar-refractivity contribution < 1.29 is 9.59 Å². The summed E-state index contributed by atoms with van der Waals surface area (Å²) in [5.74, 6) is -0.806. The molecule has 20 heavy (non-hydrogen) atoms. The van der Waals surface area contributed by atoms with E-state index in [1.165, 1.54) is 22.7 Å². The first-order valence-electron chi connectivity index (χ1n) is 5.92. The van der Waals surface area contributed by atoms with Gasteiger partial charge >= 0.3 is 0 Å². The Bertz CT molecular complexity index is 676. The Kier molecular flexibility index (Phi) is 4.47. The number of aryl methyl sites for hydroxylation is 1. The van der Waals surface area contributed by atoms with E-state index in [2.05, 4.69) is 5.32 Å². The highest BCUT2D eigenvalue weighted by atomic mass is 35.5. The Morgan fingerprint density at radius 3 is 2.55 bits per heavy atom. The summed E-state index contributed by atoms with van der Waals surface area (Å²) in [6.45, 7) is 3.86. The Balaban J connectivity index is 2.34. The van der Waals surface area contributed by atoms with Gasteiger partial charge in [0.2, 0.25) is 0 Å². The van der Waals surface area contributed by atoms with E-state index in [1.54, 1.807) is 12.1 Å². The average Bonchev–Trinajstić information content (AvgIpc) is 2.92. The first-order chi connectivity index (χ1) is 9.43. The van der Waals surface area contributed by atoms with Crippen LogP contribution < -0.4 is 11.1 Å². The lowest BCUT2D eigenvalue weighted by Gasteiger charge is -2.04. The molecule has 0 aliphatic carbocycles. The molecule has 0 fully saturated rings. The molecule has 0 unspecified atom stereocenters. The van der Waals surface area contributed by atoms with Gasteiger partial charge < -0.3 is 11.1 Å². The fraction of sp³-hybridized carbons (Fsp3) is 0.231. The van der Waals surface area contributed by atoms with Crippen LogP contribution in [0.2, 0.25) is 4.34 Å². The van der Waals surface area contributed by atoms with E-state index < -0.39 is 5.91 Å². The van der Waals surface area contributed by atoms with Gasteiger partial charge in [-0.15, -0.1) is 22.7 Å². The monoisotopic (exact) mass is 328 g/mol. The van der Waals surface area contributed by atoms with Gasteiger partial charge in [-0.2, -0.15) is 0 Å². The zero-order chi connectivity index (χ0) is 14.9. The first kappa shape index (κ1) is 15.0. The molecule has 0 aliphatic heterocycles. The van der Waals surface area contributed by atoms with E-state index in [4.69, 9.17) is 17.3 Å². The second-order valence-corrected chi connectivity index (χ2v) is 7.06. The van der Waals surface area contributed by atoms with E-state index in [1.807, 2.05) is 13.8 Å².